The number of carbonyl (C=O) groups excluding carboxylic acids is 2. The highest BCUT2D eigenvalue weighted by atomic mass is 16.3. The average Bonchev–Trinajstić information content (AvgIpc) is 2.42. The van der Waals surface area contributed by atoms with Gasteiger partial charge in [0.15, 0.2) is 0 Å². The first-order valence-electron chi connectivity index (χ1n) is 7.09. The summed E-state index contributed by atoms with van der Waals surface area (Å²) in [5, 5.41) is 14.8. The molecule has 0 aliphatic rings. The fourth-order valence-electron chi connectivity index (χ4n) is 1.95. The summed E-state index contributed by atoms with van der Waals surface area (Å²) < 4.78 is 0. The number of amides is 2. The Morgan fingerprint density at radius 2 is 1.81 bits per heavy atom. The molecule has 1 aromatic rings. The predicted molar refractivity (Wildman–Crippen MR) is 83.1 cm³/mol. The third-order valence-corrected chi connectivity index (χ3v) is 3.71. The van der Waals surface area contributed by atoms with Crippen molar-refractivity contribution < 1.29 is 14.7 Å². The first-order valence-corrected chi connectivity index (χ1v) is 7.09. The minimum atomic E-state index is -1.15. The second-order valence-corrected chi connectivity index (χ2v) is 5.57. The summed E-state index contributed by atoms with van der Waals surface area (Å²) in [7, 11) is 0. The zero-order valence-corrected chi connectivity index (χ0v) is 13.3. The molecular formula is C16H24N2O3. The minimum Gasteiger partial charge on any atom is -0.384 e. The third-order valence-electron chi connectivity index (χ3n) is 3.71. The molecular weight excluding hydrogens is 268 g/mol. The second kappa shape index (κ2) is 6.72. The molecule has 0 unspecified atom stereocenters. The smallest absolute Gasteiger partial charge is 0.249 e. The Balaban J connectivity index is 2.96. The van der Waals surface area contributed by atoms with Gasteiger partial charge in [-0.2, -0.15) is 0 Å². The van der Waals surface area contributed by atoms with Crippen LogP contribution in [0.15, 0.2) is 18.2 Å². The van der Waals surface area contributed by atoms with Crippen molar-refractivity contribution in [1.29, 1.82) is 0 Å². The Morgan fingerprint density at radius 1 is 1.29 bits per heavy atom. The number of aliphatic hydroxyl groups excluding tert-OH is 1. The maximum atomic E-state index is 12.5. The largest absolute Gasteiger partial charge is 0.384 e. The van der Waals surface area contributed by atoms with E-state index in [1.54, 1.807) is 6.92 Å². The van der Waals surface area contributed by atoms with Crippen LogP contribution in [-0.2, 0) is 9.59 Å². The Kier molecular flexibility index (Phi) is 5.49. The molecule has 0 radical (unpaired) electrons. The first-order chi connectivity index (χ1) is 9.71. The lowest BCUT2D eigenvalue weighted by Crippen LogP contribution is -2.56. The van der Waals surface area contributed by atoms with Gasteiger partial charge < -0.3 is 15.7 Å². The maximum absolute atomic E-state index is 12.5. The van der Waals surface area contributed by atoms with E-state index in [1.807, 2.05) is 39.0 Å². The Bertz CT molecular complexity index is 520. The highest BCUT2D eigenvalue weighted by Gasteiger charge is 2.34. The monoisotopic (exact) mass is 292 g/mol. The van der Waals surface area contributed by atoms with Crippen LogP contribution < -0.4 is 10.6 Å². The van der Waals surface area contributed by atoms with Crippen LogP contribution in [-0.4, -0.2) is 28.6 Å². The molecule has 0 saturated carbocycles. The van der Waals surface area contributed by atoms with E-state index in [-0.39, 0.29) is 5.91 Å². The van der Waals surface area contributed by atoms with Crippen LogP contribution in [0.25, 0.3) is 0 Å². The Morgan fingerprint density at radius 3 is 2.24 bits per heavy atom. The van der Waals surface area contributed by atoms with E-state index in [4.69, 9.17) is 0 Å². The summed E-state index contributed by atoms with van der Waals surface area (Å²) in [6.07, 6.45) is -0.730. The summed E-state index contributed by atoms with van der Waals surface area (Å²) in [6, 6.07) is 5.76. The number of nitrogens with one attached hydrogen (secondary N) is 2. The van der Waals surface area contributed by atoms with Gasteiger partial charge in [0.25, 0.3) is 0 Å². The fourth-order valence-corrected chi connectivity index (χ4v) is 1.95. The predicted octanol–water partition coefficient (Wildman–Crippen LogP) is 1.91. The molecule has 0 aliphatic heterocycles. The molecule has 1 rings (SSSR count). The van der Waals surface area contributed by atoms with Crippen LogP contribution in [0.5, 0.6) is 0 Å². The summed E-state index contributed by atoms with van der Waals surface area (Å²) in [5.74, 6) is -0.854. The van der Waals surface area contributed by atoms with Crippen molar-refractivity contribution in [1.82, 2.24) is 5.32 Å². The highest BCUT2D eigenvalue weighted by Crippen LogP contribution is 2.22. The van der Waals surface area contributed by atoms with Crippen molar-refractivity contribution in [3.8, 4) is 0 Å². The van der Waals surface area contributed by atoms with Gasteiger partial charge in [-0.15, -0.1) is 0 Å². The van der Waals surface area contributed by atoms with Crippen molar-refractivity contribution in [2.24, 2.45) is 0 Å². The zero-order chi connectivity index (χ0) is 16.2. The van der Waals surface area contributed by atoms with Crippen LogP contribution in [0, 0.1) is 13.8 Å². The van der Waals surface area contributed by atoms with E-state index in [1.165, 1.54) is 6.92 Å². The van der Waals surface area contributed by atoms with Gasteiger partial charge in [-0.3, -0.25) is 9.59 Å². The highest BCUT2D eigenvalue weighted by molar-refractivity contribution is 6.01. The van der Waals surface area contributed by atoms with Gasteiger partial charge in [-0.05, 0) is 45.2 Å². The summed E-state index contributed by atoms with van der Waals surface area (Å²) >= 11 is 0. The van der Waals surface area contributed by atoms with E-state index in [2.05, 4.69) is 10.6 Å². The lowest BCUT2D eigenvalue weighted by molar-refractivity contribution is -0.134. The molecule has 1 aromatic carbocycles. The molecule has 21 heavy (non-hydrogen) atoms. The summed E-state index contributed by atoms with van der Waals surface area (Å²) in [5.41, 5.74) is 1.61. The van der Waals surface area contributed by atoms with Crippen LogP contribution >= 0.6 is 0 Å². The molecule has 3 N–H and O–H groups in total. The van der Waals surface area contributed by atoms with Crippen molar-refractivity contribution in [3.05, 3.63) is 29.3 Å². The van der Waals surface area contributed by atoms with Crippen LogP contribution in [0.1, 0.15) is 38.3 Å². The molecule has 5 heteroatoms. The third kappa shape index (κ3) is 4.04. The lowest BCUT2D eigenvalue weighted by Gasteiger charge is -2.29. The molecule has 116 valence electrons. The number of hydrogen-bond donors (Lipinski definition) is 3. The minimum absolute atomic E-state index is 0.295. The number of carbonyl (C=O) groups is 2. The lowest BCUT2D eigenvalue weighted by atomic mass is 9.96. The molecule has 0 spiro atoms. The molecule has 0 saturated heterocycles. The SMILES string of the molecule is CC[C@](C)(NC(=O)[C@H](C)O)C(=O)Nc1c(C)cccc1C. The Labute approximate surface area is 125 Å². The number of para-hydroxylation sites is 1. The number of benzene rings is 1. The molecule has 0 aromatic heterocycles. The normalized spacial score (nSPS) is 15.0. The van der Waals surface area contributed by atoms with Gasteiger partial charge >= 0.3 is 0 Å². The molecule has 0 aliphatic carbocycles. The molecule has 0 fully saturated rings. The van der Waals surface area contributed by atoms with Gasteiger partial charge in [-0.25, -0.2) is 0 Å². The van der Waals surface area contributed by atoms with E-state index in [0.717, 1.165) is 16.8 Å². The maximum Gasteiger partial charge on any atom is 0.249 e. The van der Waals surface area contributed by atoms with Crippen molar-refractivity contribution in [2.75, 3.05) is 5.32 Å². The van der Waals surface area contributed by atoms with Crippen LogP contribution in [0.4, 0.5) is 5.69 Å². The van der Waals surface area contributed by atoms with E-state index in [9.17, 15) is 14.7 Å². The van der Waals surface area contributed by atoms with E-state index >= 15 is 0 Å². The summed E-state index contributed by atoms with van der Waals surface area (Å²) in [4.78, 5) is 24.2. The number of anilines is 1. The van der Waals surface area contributed by atoms with Gasteiger partial charge in [0, 0.05) is 5.69 Å². The van der Waals surface area contributed by atoms with Gasteiger partial charge in [0.1, 0.15) is 11.6 Å². The number of aryl methyl sites for hydroxylation is 2. The quantitative estimate of drug-likeness (QED) is 0.775. The topological polar surface area (TPSA) is 78.4 Å². The number of aliphatic hydroxyl groups is 1. The molecule has 0 bridgehead atoms. The molecule has 5 nitrogen and oxygen atoms in total. The van der Waals surface area contributed by atoms with E-state index < -0.39 is 17.6 Å². The van der Waals surface area contributed by atoms with Gasteiger partial charge in [0.05, 0.1) is 0 Å². The van der Waals surface area contributed by atoms with Crippen molar-refractivity contribution >= 4 is 17.5 Å². The number of rotatable bonds is 5. The second-order valence-electron chi connectivity index (χ2n) is 5.57. The zero-order valence-electron chi connectivity index (χ0n) is 13.3. The van der Waals surface area contributed by atoms with Crippen molar-refractivity contribution in [3.63, 3.8) is 0 Å². The Hall–Kier alpha value is -1.88. The van der Waals surface area contributed by atoms with Crippen LogP contribution in [0.2, 0.25) is 0 Å². The first kappa shape index (κ1) is 17.2. The molecule has 0 heterocycles. The average molecular weight is 292 g/mol. The summed E-state index contributed by atoms with van der Waals surface area (Å²) in [6.45, 7) is 8.66. The van der Waals surface area contributed by atoms with Crippen molar-refractivity contribution in [2.45, 2.75) is 52.7 Å². The molecule has 2 atom stereocenters. The number of hydrogen-bond acceptors (Lipinski definition) is 3. The standard InChI is InChI=1S/C16H24N2O3/c1-6-16(5,18-14(20)12(4)19)15(21)17-13-10(2)8-7-9-11(13)3/h7-9,12,19H,6H2,1-5H3,(H,17,21)(H,18,20)/t12-,16-/m0/s1. The molecule has 2 amide bonds. The fraction of sp³-hybridized carbons (Fsp3) is 0.500. The van der Waals surface area contributed by atoms with Gasteiger partial charge in [-0.1, -0.05) is 25.1 Å². The van der Waals surface area contributed by atoms with Gasteiger partial charge in [0.2, 0.25) is 11.8 Å². The van der Waals surface area contributed by atoms with Crippen LogP contribution in [0.3, 0.4) is 0 Å². The van der Waals surface area contributed by atoms with E-state index in [0.29, 0.717) is 6.42 Å².